The molecule has 1 aliphatic heterocycles. The van der Waals surface area contributed by atoms with E-state index in [1.807, 2.05) is 20.8 Å². The van der Waals surface area contributed by atoms with Crippen LogP contribution in [0.2, 0.25) is 0 Å². The van der Waals surface area contributed by atoms with Gasteiger partial charge in [-0.2, -0.15) is 13.2 Å². The Hall–Kier alpha value is -2.42. The monoisotopic (exact) mass is 497 g/mol. The van der Waals surface area contributed by atoms with Gasteiger partial charge < -0.3 is 4.90 Å². The van der Waals surface area contributed by atoms with Gasteiger partial charge in [-0.3, -0.25) is 9.69 Å². The highest BCUT2D eigenvalue weighted by Gasteiger charge is 2.44. The molecule has 0 radical (unpaired) electrons. The maximum Gasteiger partial charge on any atom is 0.416 e. The second-order valence-corrected chi connectivity index (χ2v) is 9.47. The van der Waals surface area contributed by atoms with Gasteiger partial charge in [-0.1, -0.05) is 39.0 Å². The lowest BCUT2D eigenvalue weighted by atomic mass is 9.86. The van der Waals surface area contributed by atoms with Crippen LogP contribution in [0.3, 0.4) is 0 Å². The topological polar surface area (TPSA) is 53.5 Å². The van der Waals surface area contributed by atoms with Gasteiger partial charge in [0.05, 0.1) is 30.0 Å². The van der Waals surface area contributed by atoms with Crippen LogP contribution in [-0.2, 0) is 17.4 Å². The quantitative estimate of drug-likeness (QED) is 0.524. The number of halogens is 4. The molecule has 2 heterocycles. The summed E-state index contributed by atoms with van der Waals surface area (Å²) in [5.41, 5.74) is -0.205. The number of carbonyl (C=O) groups excluding carboxylic acids is 2. The third-order valence-electron chi connectivity index (χ3n) is 5.23. The van der Waals surface area contributed by atoms with Crippen molar-refractivity contribution in [2.45, 2.75) is 39.4 Å². The highest BCUT2D eigenvalue weighted by molar-refractivity contribution is 9.10. The Morgan fingerprint density at radius 2 is 1.90 bits per heavy atom. The van der Waals surface area contributed by atoms with Crippen molar-refractivity contribution in [3.8, 4) is 0 Å². The minimum atomic E-state index is -4.47. The third-order valence-corrected chi connectivity index (χ3v) is 5.70. The third kappa shape index (κ3) is 5.44. The highest BCUT2D eigenvalue weighted by atomic mass is 79.9. The van der Waals surface area contributed by atoms with Gasteiger partial charge in [0.1, 0.15) is 4.60 Å². The molecule has 166 valence electrons. The normalized spacial score (nSPS) is 17.4. The minimum Gasteiger partial charge on any atom is -0.312 e. The minimum absolute atomic E-state index is 0.169. The number of aromatic nitrogens is 1. The van der Waals surface area contributed by atoms with Crippen molar-refractivity contribution < 1.29 is 22.8 Å². The van der Waals surface area contributed by atoms with Crippen LogP contribution in [0.25, 0.3) is 0 Å². The fourth-order valence-electron chi connectivity index (χ4n) is 3.63. The van der Waals surface area contributed by atoms with E-state index >= 15 is 0 Å². The Morgan fingerprint density at radius 3 is 2.48 bits per heavy atom. The molecule has 3 rings (SSSR count). The van der Waals surface area contributed by atoms with Crippen molar-refractivity contribution in [3.63, 3.8) is 0 Å². The summed E-state index contributed by atoms with van der Waals surface area (Å²) >= 11 is 3.27. The van der Waals surface area contributed by atoms with E-state index in [-0.39, 0.29) is 41.8 Å². The average molecular weight is 498 g/mol. The number of hydrogen-bond acceptors (Lipinski definition) is 3. The number of hydrogen-bond donors (Lipinski definition) is 0. The molecule has 2 amide bonds. The number of anilines is 1. The summed E-state index contributed by atoms with van der Waals surface area (Å²) in [5, 5.41) is 0. The molecule has 1 atom stereocenters. The van der Waals surface area contributed by atoms with Crippen LogP contribution in [0, 0.1) is 5.41 Å². The smallest absolute Gasteiger partial charge is 0.312 e. The molecule has 0 bridgehead atoms. The SMILES string of the molecule is CC(C)(C)[C@H]1CN(c2ccc(Br)nc2)C(=O)N1CC(=O)Cc1cccc(C(F)(F)F)c1. The van der Waals surface area contributed by atoms with Gasteiger partial charge in [-0.15, -0.1) is 0 Å². The highest BCUT2D eigenvalue weighted by Crippen LogP contribution is 2.34. The van der Waals surface area contributed by atoms with E-state index in [2.05, 4.69) is 20.9 Å². The molecule has 1 aromatic carbocycles. The van der Waals surface area contributed by atoms with Crippen LogP contribution in [0.1, 0.15) is 31.9 Å². The number of rotatable bonds is 5. The summed E-state index contributed by atoms with van der Waals surface area (Å²) < 4.78 is 39.5. The van der Waals surface area contributed by atoms with E-state index in [1.54, 1.807) is 23.2 Å². The average Bonchev–Trinajstić information content (AvgIpc) is 2.98. The number of urea groups is 1. The summed E-state index contributed by atoms with van der Waals surface area (Å²) in [6, 6.07) is 7.66. The Labute approximate surface area is 187 Å². The zero-order valence-corrected chi connectivity index (χ0v) is 19.0. The van der Waals surface area contributed by atoms with Crippen LogP contribution in [0.5, 0.6) is 0 Å². The molecule has 9 heteroatoms. The van der Waals surface area contributed by atoms with Crippen molar-refractivity contribution in [1.82, 2.24) is 9.88 Å². The second kappa shape index (κ2) is 8.61. The standard InChI is InChI=1S/C22H23BrF3N3O2/c1-21(2,3)18-13-28(16-7-8-19(23)27-11-16)20(31)29(18)12-17(30)10-14-5-4-6-15(9-14)22(24,25)26/h4-9,11,18H,10,12-13H2,1-3H3/t18-/m1/s1. The summed E-state index contributed by atoms with van der Waals surface area (Å²) in [6.07, 6.45) is -3.07. The first kappa shape index (κ1) is 23.2. The number of carbonyl (C=O) groups is 2. The van der Waals surface area contributed by atoms with E-state index in [0.717, 1.165) is 12.1 Å². The van der Waals surface area contributed by atoms with Gasteiger partial charge in [0.25, 0.3) is 0 Å². The fraction of sp³-hybridized carbons (Fsp3) is 0.409. The lowest BCUT2D eigenvalue weighted by Crippen LogP contribution is -2.45. The molecular weight excluding hydrogens is 475 g/mol. The number of amides is 2. The van der Waals surface area contributed by atoms with Gasteiger partial charge in [0.2, 0.25) is 0 Å². The Bertz CT molecular complexity index is 971. The van der Waals surface area contributed by atoms with Crippen LogP contribution in [-0.4, -0.2) is 40.8 Å². The zero-order valence-electron chi connectivity index (χ0n) is 17.4. The van der Waals surface area contributed by atoms with Gasteiger partial charge in [-0.05, 0) is 45.1 Å². The molecule has 1 saturated heterocycles. The van der Waals surface area contributed by atoms with E-state index in [4.69, 9.17) is 0 Å². The van der Waals surface area contributed by atoms with E-state index in [9.17, 15) is 22.8 Å². The molecule has 0 saturated carbocycles. The molecule has 0 aliphatic carbocycles. The summed E-state index contributed by atoms with van der Waals surface area (Å²) in [7, 11) is 0. The maximum atomic E-state index is 13.1. The largest absolute Gasteiger partial charge is 0.416 e. The van der Waals surface area contributed by atoms with E-state index < -0.39 is 11.7 Å². The van der Waals surface area contributed by atoms with Crippen molar-refractivity contribution in [2.24, 2.45) is 5.41 Å². The number of Topliss-reactive ketones (excluding diaryl/α,β-unsaturated/α-hetero) is 1. The van der Waals surface area contributed by atoms with Crippen molar-refractivity contribution in [2.75, 3.05) is 18.0 Å². The van der Waals surface area contributed by atoms with Gasteiger partial charge in [-0.25, -0.2) is 9.78 Å². The van der Waals surface area contributed by atoms with Gasteiger partial charge in [0, 0.05) is 13.0 Å². The molecule has 0 spiro atoms. The van der Waals surface area contributed by atoms with Crippen LogP contribution < -0.4 is 4.90 Å². The fourth-order valence-corrected chi connectivity index (χ4v) is 3.87. The first-order chi connectivity index (χ1) is 14.4. The van der Waals surface area contributed by atoms with Crippen molar-refractivity contribution in [1.29, 1.82) is 0 Å². The Kier molecular flexibility index (Phi) is 6.45. The second-order valence-electron chi connectivity index (χ2n) is 8.66. The Balaban J connectivity index is 1.78. The van der Waals surface area contributed by atoms with Crippen molar-refractivity contribution >= 4 is 33.4 Å². The molecule has 1 fully saturated rings. The summed E-state index contributed by atoms with van der Waals surface area (Å²) in [5.74, 6) is -0.322. The van der Waals surface area contributed by atoms with E-state index in [1.165, 1.54) is 17.0 Å². The maximum absolute atomic E-state index is 13.1. The van der Waals surface area contributed by atoms with Gasteiger partial charge in [0.15, 0.2) is 5.78 Å². The number of benzene rings is 1. The first-order valence-corrected chi connectivity index (χ1v) is 10.5. The number of ketones is 1. The van der Waals surface area contributed by atoms with Crippen LogP contribution in [0.4, 0.5) is 23.7 Å². The molecule has 1 aliphatic rings. The number of pyridine rings is 1. The molecular formula is C22H23BrF3N3O2. The number of alkyl halides is 3. The van der Waals surface area contributed by atoms with Crippen LogP contribution in [0.15, 0.2) is 47.2 Å². The molecule has 0 unspecified atom stereocenters. The summed E-state index contributed by atoms with van der Waals surface area (Å²) in [6.45, 7) is 6.18. The Morgan fingerprint density at radius 1 is 1.19 bits per heavy atom. The molecule has 1 aromatic heterocycles. The van der Waals surface area contributed by atoms with Crippen LogP contribution >= 0.6 is 15.9 Å². The molecule has 2 aromatic rings. The lowest BCUT2D eigenvalue weighted by Gasteiger charge is -2.33. The first-order valence-electron chi connectivity index (χ1n) is 9.74. The molecule has 31 heavy (non-hydrogen) atoms. The number of nitrogens with zero attached hydrogens (tertiary/aromatic N) is 3. The summed E-state index contributed by atoms with van der Waals surface area (Å²) in [4.78, 5) is 33.1. The molecule has 5 nitrogen and oxygen atoms in total. The molecule has 0 N–H and O–H groups in total. The van der Waals surface area contributed by atoms with Crippen molar-refractivity contribution in [3.05, 3.63) is 58.3 Å². The predicted molar refractivity (Wildman–Crippen MR) is 115 cm³/mol. The predicted octanol–water partition coefficient (Wildman–Crippen LogP) is 5.33. The zero-order chi connectivity index (χ0) is 23.0. The van der Waals surface area contributed by atoms with E-state index in [0.29, 0.717) is 16.8 Å². The van der Waals surface area contributed by atoms with Gasteiger partial charge >= 0.3 is 12.2 Å². The lowest BCUT2D eigenvalue weighted by molar-refractivity contribution is -0.137.